The highest BCUT2D eigenvalue weighted by Crippen LogP contribution is 2.28. The summed E-state index contributed by atoms with van der Waals surface area (Å²) in [7, 11) is 0. The van der Waals surface area contributed by atoms with Gasteiger partial charge in [0, 0.05) is 35.6 Å². The van der Waals surface area contributed by atoms with Crippen LogP contribution < -0.4 is 0 Å². The van der Waals surface area contributed by atoms with Crippen LogP contribution in [0.5, 0.6) is 0 Å². The minimum atomic E-state index is -0.480. The van der Waals surface area contributed by atoms with Gasteiger partial charge in [0.05, 0.1) is 5.56 Å². The van der Waals surface area contributed by atoms with Gasteiger partial charge in [-0.3, -0.25) is 4.79 Å². The molecular formula is C22H19FN4OS. The first-order valence-electron chi connectivity index (χ1n) is 9.63. The van der Waals surface area contributed by atoms with Crippen molar-refractivity contribution in [1.82, 2.24) is 19.5 Å². The molecule has 1 amide bonds. The Balaban J connectivity index is 1.40. The quantitative estimate of drug-likeness (QED) is 0.499. The second-order valence-corrected chi connectivity index (χ2v) is 8.19. The number of aromatic nitrogens is 3. The summed E-state index contributed by atoms with van der Waals surface area (Å²) in [5, 5.41) is 6.74. The highest BCUT2D eigenvalue weighted by atomic mass is 32.1. The number of carbonyl (C=O) groups excluding carboxylic acids is 1. The fourth-order valence-electron chi connectivity index (χ4n) is 3.84. The van der Waals surface area contributed by atoms with Crippen molar-refractivity contribution >= 4 is 22.9 Å². The van der Waals surface area contributed by atoms with E-state index in [0.29, 0.717) is 13.1 Å². The predicted molar refractivity (Wildman–Crippen MR) is 111 cm³/mol. The van der Waals surface area contributed by atoms with Crippen LogP contribution in [-0.4, -0.2) is 38.5 Å². The van der Waals surface area contributed by atoms with Gasteiger partial charge in [-0.2, -0.15) is 5.10 Å². The molecule has 1 atom stereocenters. The normalized spacial score (nSPS) is 17.0. The van der Waals surface area contributed by atoms with Crippen LogP contribution in [0.25, 0.3) is 16.1 Å². The molecule has 0 bridgehead atoms. The lowest BCUT2D eigenvalue weighted by atomic mass is 9.96. The number of rotatable bonds is 3. The van der Waals surface area contributed by atoms with Gasteiger partial charge in [-0.1, -0.05) is 18.2 Å². The summed E-state index contributed by atoms with van der Waals surface area (Å²) in [6.45, 7) is 1.13. The molecule has 5 nitrogen and oxygen atoms in total. The van der Waals surface area contributed by atoms with E-state index in [1.54, 1.807) is 28.4 Å². The van der Waals surface area contributed by atoms with E-state index in [2.05, 4.69) is 27.6 Å². The van der Waals surface area contributed by atoms with Crippen LogP contribution in [0.4, 0.5) is 4.39 Å². The van der Waals surface area contributed by atoms with Gasteiger partial charge in [0.1, 0.15) is 5.82 Å². The highest BCUT2D eigenvalue weighted by molar-refractivity contribution is 7.13. The van der Waals surface area contributed by atoms with E-state index in [1.807, 2.05) is 22.8 Å². The van der Waals surface area contributed by atoms with Gasteiger partial charge in [0.2, 0.25) is 0 Å². The number of nitrogens with zero attached hydrogens (tertiary/aromatic N) is 4. The van der Waals surface area contributed by atoms with Crippen molar-refractivity contribution in [3.05, 3.63) is 77.3 Å². The van der Waals surface area contributed by atoms with E-state index < -0.39 is 5.82 Å². The van der Waals surface area contributed by atoms with Crippen LogP contribution >= 0.6 is 11.3 Å². The molecule has 5 rings (SSSR count). The lowest BCUT2D eigenvalue weighted by molar-refractivity contribution is 0.0700. The van der Waals surface area contributed by atoms with Crippen LogP contribution in [0, 0.1) is 5.82 Å². The van der Waals surface area contributed by atoms with Gasteiger partial charge in [0.15, 0.2) is 11.5 Å². The number of hydrogen-bond acceptors (Lipinski definition) is 4. The molecule has 1 saturated heterocycles. The Hall–Kier alpha value is -3.06. The molecule has 1 aliphatic heterocycles. The Kier molecular flexibility index (Phi) is 4.60. The average Bonchev–Trinajstić information content (AvgIpc) is 3.43. The average molecular weight is 406 g/mol. The molecule has 1 unspecified atom stereocenters. The minimum Gasteiger partial charge on any atom is -0.338 e. The van der Waals surface area contributed by atoms with Crippen LogP contribution in [-0.2, 0) is 0 Å². The van der Waals surface area contributed by atoms with Crippen molar-refractivity contribution in [1.29, 1.82) is 0 Å². The molecular weight excluding hydrogens is 387 g/mol. The zero-order valence-corrected chi connectivity index (χ0v) is 16.5. The number of thiophene rings is 1. The molecule has 4 aromatic rings. The largest absolute Gasteiger partial charge is 0.338 e. The molecule has 146 valence electrons. The van der Waals surface area contributed by atoms with Gasteiger partial charge in [0.25, 0.3) is 5.91 Å². The Bertz CT molecular complexity index is 1170. The van der Waals surface area contributed by atoms with Crippen LogP contribution in [0.15, 0.2) is 60.1 Å². The maximum Gasteiger partial charge on any atom is 0.256 e. The second kappa shape index (κ2) is 7.40. The smallest absolute Gasteiger partial charge is 0.256 e. The number of piperidine rings is 1. The molecule has 0 aliphatic carbocycles. The van der Waals surface area contributed by atoms with Gasteiger partial charge < -0.3 is 4.90 Å². The first kappa shape index (κ1) is 18.0. The fourth-order valence-corrected chi connectivity index (χ4v) is 4.56. The topological polar surface area (TPSA) is 50.5 Å². The third-order valence-electron chi connectivity index (χ3n) is 5.33. The molecule has 0 saturated carbocycles. The first-order valence-corrected chi connectivity index (χ1v) is 10.5. The fraction of sp³-hybridized carbons (Fsp3) is 0.227. The van der Waals surface area contributed by atoms with Crippen LogP contribution in [0.1, 0.15) is 34.9 Å². The van der Waals surface area contributed by atoms with E-state index in [0.717, 1.165) is 29.9 Å². The Morgan fingerprint density at radius 2 is 2.03 bits per heavy atom. The van der Waals surface area contributed by atoms with E-state index in [-0.39, 0.29) is 17.4 Å². The number of likely N-dealkylation sites (tertiary alicyclic amines) is 1. The molecule has 0 N–H and O–H groups in total. The highest BCUT2D eigenvalue weighted by Gasteiger charge is 2.29. The number of halogens is 1. The van der Waals surface area contributed by atoms with E-state index in [1.165, 1.54) is 17.0 Å². The van der Waals surface area contributed by atoms with E-state index in [9.17, 15) is 9.18 Å². The van der Waals surface area contributed by atoms with Gasteiger partial charge in [-0.15, -0.1) is 11.3 Å². The lowest BCUT2D eigenvalue weighted by Gasteiger charge is -2.31. The summed E-state index contributed by atoms with van der Waals surface area (Å²) in [6, 6.07) is 14.3. The summed E-state index contributed by atoms with van der Waals surface area (Å²) >= 11 is 1.69. The summed E-state index contributed by atoms with van der Waals surface area (Å²) in [5.41, 5.74) is 2.01. The number of fused-ring (bicyclic) bond motifs is 1. The Labute approximate surface area is 171 Å². The standard InChI is InChI=1S/C22H19FN4OS/c23-18-7-2-1-6-17(18)22(28)26-11-3-5-16(13-26)21-24-20-10-9-15(14-27(20)25-21)19-8-4-12-29-19/h1-2,4,6-10,12,14,16H,3,5,11,13H2. The molecule has 29 heavy (non-hydrogen) atoms. The summed E-state index contributed by atoms with van der Waals surface area (Å²) in [5.74, 6) is 0.0343. The predicted octanol–water partition coefficient (Wildman–Crippen LogP) is 4.62. The van der Waals surface area contributed by atoms with Crippen molar-refractivity contribution in [3.8, 4) is 10.4 Å². The first-order chi connectivity index (χ1) is 14.2. The van der Waals surface area contributed by atoms with Gasteiger partial charge in [-0.05, 0) is 48.6 Å². The Morgan fingerprint density at radius 3 is 2.86 bits per heavy atom. The minimum absolute atomic E-state index is 0.0459. The maximum absolute atomic E-state index is 14.0. The number of carbonyl (C=O) groups is 1. The van der Waals surface area contributed by atoms with Crippen molar-refractivity contribution in [2.45, 2.75) is 18.8 Å². The van der Waals surface area contributed by atoms with E-state index in [4.69, 9.17) is 0 Å². The monoisotopic (exact) mass is 406 g/mol. The molecule has 1 fully saturated rings. The third kappa shape index (κ3) is 3.42. The maximum atomic E-state index is 14.0. The zero-order valence-electron chi connectivity index (χ0n) is 15.7. The number of amides is 1. The second-order valence-electron chi connectivity index (χ2n) is 7.24. The van der Waals surface area contributed by atoms with Gasteiger partial charge in [-0.25, -0.2) is 13.9 Å². The molecule has 0 radical (unpaired) electrons. The number of pyridine rings is 1. The lowest BCUT2D eigenvalue weighted by Crippen LogP contribution is -2.39. The summed E-state index contributed by atoms with van der Waals surface area (Å²) < 4.78 is 15.8. The third-order valence-corrected chi connectivity index (χ3v) is 6.25. The van der Waals surface area contributed by atoms with Crippen LogP contribution in [0.3, 0.4) is 0 Å². The number of benzene rings is 1. The Morgan fingerprint density at radius 1 is 1.14 bits per heavy atom. The number of hydrogen-bond donors (Lipinski definition) is 0. The van der Waals surface area contributed by atoms with Gasteiger partial charge >= 0.3 is 0 Å². The van der Waals surface area contributed by atoms with Crippen molar-refractivity contribution < 1.29 is 9.18 Å². The van der Waals surface area contributed by atoms with Crippen molar-refractivity contribution in [3.63, 3.8) is 0 Å². The molecule has 0 spiro atoms. The SMILES string of the molecule is O=C(c1ccccc1F)N1CCCC(c2nc3ccc(-c4cccs4)cn3n2)C1. The zero-order chi connectivity index (χ0) is 19.8. The molecule has 3 aromatic heterocycles. The summed E-state index contributed by atoms with van der Waals surface area (Å²) in [6.07, 6.45) is 3.75. The molecule has 1 aromatic carbocycles. The van der Waals surface area contributed by atoms with Crippen LogP contribution in [0.2, 0.25) is 0 Å². The molecule has 7 heteroatoms. The molecule has 1 aliphatic rings. The van der Waals surface area contributed by atoms with E-state index >= 15 is 0 Å². The summed E-state index contributed by atoms with van der Waals surface area (Å²) in [4.78, 5) is 20.4. The van der Waals surface area contributed by atoms with Crippen molar-refractivity contribution in [2.75, 3.05) is 13.1 Å². The van der Waals surface area contributed by atoms with Crippen molar-refractivity contribution in [2.24, 2.45) is 0 Å². The molecule has 4 heterocycles.